The number of carbonyl (C=O) groups excluding carboxylic acids is 1. The SMILES string of the molecule is COc1cc(OC(OF)C(N)=O)c2cc(C#N)ccc2c1. The van der Waals surface area contributed by atoms with Crippen LogP contribution in [0.25, 0.3) is 10.8 Å². The Hall–Kier alpha value is -2.85. The molecule has 2 rings (SSSR count). The highest BCUT2D eigenvalue weighted by Gasteiger charge is 2.20. The van der Waals surface area contributed by atoms with Gasteiger partial charge in [0.05, 0.1) is 18.7 Å². The normalized spacial score (nSPS) is 11.7. The average Bonchev–Trinajstić information content (AvgIpc) is 2.51. The zero-order chi connectivity index (χ0) is 15.4. The minimum absolute atomic E-state index is 0.114. The quantitative estimate of drug-likeness (QED) is 0.847. The van der Waals surface area contributed by atoms with Crippen molar-refractivity contribution in [2.24, 2.45) is 5.73 Å². The molecular weight excluding hydrogens is 279 g/mol. The van der Waals surface area contributed by atoms with Gasteiger partial charge in [-0.05, 0) is 28.1 Å². The third kappa shape index (κ3) is 3.01. The van der Waals surface area contributed by atoms with Gasteiger partial charge in [0.15, 0.2) is 0 Å². The number of rotatable bonds is 5. The summed E-state index contributed by atoms with van der Waals surface area (Å²) in [6, 6.07) is 9.97. The van der Waals surface area contributed by atoms with Crippen molar-refractivity contribution in [2.45, 2.75) is 6.29 Å². The summed E-state index contributed by atoms with van der Waals surface area (Å²) in [7, 11) is 1.45. The molecule has 2 aromatic carbocycles. The lowest BCUT2D eigenvalue weighted by Gasteiger charge is -2.14. The largest absolute Gasteiger partial charge is 0.497 e. The molecule has 0 spiro atoms. The Labute approximate surface area is 119 Å². The summed E-state index contributed by atoms with van der Waals surface area (Å²) in [4.78, 5) is 14.4. The summed E-state index contributed by atoms with van der Waals surface area (Å²) in [5.74, 6) is -0.572. The van der Waals surface area contributed by atoms with Crippen LogP contribution in [0.1, 0.15) is 5.56 Å². The van der Waals surface area contributed by atoms with E-state index in [1.54, 1.807) is 24.3 Å². The molecule has 1 unspecified atom stereocenters. The summed E-state index contributed by atoms with van der Waals surface area (Å²) < 4.78 is 22.5. The Kier molecular flexibility index (Phi) is 4.21. The highest BCUT2D eigenvalue weighted by Crippen LogP contribution is 2.32. The maximum Gasteiger partial charge on any atom is 0.314 e. The highest BCUT2D eigenvalue weighted by atomic mass is 19.3. The van der Waals surface area contributed by atoms with E-state index in [0.717, 1.165) is 0 Å². The van der Waals surface area contributed by atoms with Gasteiger partial charge < -0.3 is 15.2 Å². The standard InChI is InChI=1S/C14H11FN2O4/c1-19-10-5-9-3-2-8(7-16)4-11(9)12(6-10)20-14(21-15)13(17)18/h2-6,14H,1H3,(H2,17,18). The molecule has 0 aliphatic heterocycles. The molecule has 0 aromatic heterocycles. The monoisotopic (exact) mass is 290 g/mol. The molecule has 0 bridgehead atoms. The number of nitrogens with two attached hydrogens (primary N) is 1. The fourth-order valence-electron chi connectivity index (χ4n) is 1.82. The van der Waals surface area contributed by atoms with Gasteiger partial charge in [-0.25, -0.2) is 0 Å². The first-order chi connectivity index (χ1) is 10.1. The van der Waals surface area contributed by atoms with Crippen LogP contribution < -0.4 is 15.2 Å². The fourth-order valence-corrected chi connectivity index (χ4v) is 1.82. The minimum Gasteiger partial charge on any atom is -0.497 e. The second-order valence-electron chi connectivity index (χ2n) is 4.11. The van der Waals surface area contributed by atoms with Gasteiger partial charge in [0.2, 0.25) is 0 Å². The molecule has 0 saturated carbocycles. The Bertz CT molecular complexity index is 727. The Balaban J connectivity index is 2.58. The number of nitrogens with zero attached hydrogens (tertiary/aromatic N) is 1. The number of hydrogen-bond donors (Lipinski definition) is 1. The zero-order valence-corrected chi connectivity index (χ0v) is 11.0. The van der Waals surface area contributed by atoms with E-state index in [-0.39, 0.29) is 5.75 Å². The van der Waals surface area contributed by atoms with E-state index in [9.17, 15) is 9.32 Å². The predicted octanol–water partition coefficient (Wildman–Crippen LogP) is 1.81. The van der Waals surface area contributed by atoms with Gasteiger partial charge in [-0.1, -0.05) is 6.07 Å². The predicted molar refractivity (Wildman–Crippen MR) is 71.0 cm³/mol. The summed E-state index contributed by atoms with van der Waals surface area (Å²) in [5.41, 5.74) is 5.34. The molecule has 7 heteroatoms. The average molecular weight is 290 g/mol. The highest BCUT2D eigenvalue weighted by molar-refractivity contribution is 5.91. The molecule has 1 amide bonds. The molecule has 6 nitrogen and oxygen atoms in total. The van der Waals surface area contributed by atoms with E-state index < -0.39 is 12.2 Å². The lowest BCUT2D eigenvalue weighted by molar-refractivity contribution is -0.236. The Morgan fingerprint density at radius 3 is 2.71 bits per heavy atom. The van der Waals surface area contributed by atoms with Crippen molar-refractivity contribution < 1.29 is 23.7 Å². The number of carbonyl (C=O) groups is 1. The molecule has 108 valence electrons. The number of hydrogen-bond acceptors (Lipinski definition) is 5. The Morgan fingerprint density at radius 1 is 1.38 bits per heavy atom. The van der Waals surface area contributed by atoms with Crippen LogP contribution in [-0.2, 0) is 9.74 Å². The zero-order valence-electron chi connectivity index (χ0n) is 11.0. The lowest BCUT2D eigenvalue weighted by atomic mass is 10.1. The van der Waals surface area contributed by atoms with Gasteiger partial charge >= 0.3 is 6.29 Å². The molecule has 0 saturated heterocycles. The van der Waals surface area contributed by atoms with Crippen molar-refractivity contribution in [2.75, 3.05) is 7.11 Å². The number of nitriles is 1. The molecule has 0 heterocycles. The Morgan fingerprint density at radius 2 is 2.14 bits per heavy atom. The number of amides is 1. The molecule has 0 fully saturated rings. The van der Waals surface area contributed by atoms with Gasteiger partial charge in [0, 0.05) is 11.5 Å². The van der Waals surface area contributed by atoms with E-state index >= 15 is 0 Å². The van der Waals surface area contributed by atoms with E-state index in [1.807, 2.05) is 6.07 Å². The van der Waals surface area contributed by atoms with Gasteiger partial charge in [-0.15, -0.1) is 4.94 Å². The number of benzene rings is 2. The molecule has 0 radical (unpaired) electrons. The van der Waals surface area contributed by atoms with Crippen molar-refractivity contribution in [3.8, 4) is 17.6 Å². The number of ether oxygens (including phenoxy) is 2. The van der Waals surface area contributed by atoms with Crippen LogP contribution in [0.2, 0.25) is 0 Å². The topological polar surface area (TPSA) is 94.6 Å². The number of fused-ring (bicyclic) bond motifs is 1. The van der Waals surface area contributed by atoms with Crippen molar-refractivity contribution in [3.05, 3.63) is 35.9 Å². The van der Waals surface area contributed by atoms with Gasteiger partial charge in [-0.3, -0.25) is 4.79 Å². The number of halogens is 1. The number of primary amides is 1. The first kappa shape index (κ1) is 14.6. The first-order valence-electron chi connectivity index (χ1n) is 5.84. The van der Waals surface area contributed by atoms with Crippen molar-refractivity contribution in [3.63, 3.8) is 0 Å². The van der Waals surface area contributed by atoms with E-state index in [1.165, 1.54) is 13.2 Å². The maximum absolute atomic E-state index is 12.3. The van der Waals surface area contributed by atoms with Crippen LogP contribution >= 0.6 is 0 Å². The van der Waals surface area contributed by atoms with Crippen LogP contribution in [0.15, 0.2) is 30.3 Å². The van der Waals surface area contributed by atoms with Crippen molar-refractivity contribution >= 4 is 16.7 Å². The second kappa shape index (κ2) is 6.07. The molecule has 21 heavy (non-hydrogen) atoms. The van der Waals surface area contributed by atoms with Gasteiger partial charge in [0.25, 0.3) is 5.91 Å². The number of methoxy groups -OCH3 is 1. The molecule has 1 atom stereocenters. The second-order valence-corrected chi connectivity index (χ2v) is 4.11. The van der Waals surface area contributed by atoms with Crippen molar-refractivity contribution in [1.29, 1.82) is 5.26 Å². The van der Waals surface area contributed by atoms with Gasteiger partial charge in [-0.2, -0.15) is 5.26 Å². The molecule has 0 aliphatic rings. The van der Waals surface area contributed by atoms with Crippen LogP contribution in [-0.4, -0.2) is 19.3 Å². The van der Waals surface area contributed by atoms with Crippen LogP contribution in [0.3, 0.4) is 0 Å². The van der Waals surface area contributed by atoms with Crippen molar-refractivity contribution in [1.82, 2.24) is 0 Å². The van der Waals surface area contributed by atoms with Crippen LogP contribution in [0.5, 0.6) is 11.5 Å². The molecule has 0 aliphatic carbocycles. The smallest absolute Gasteiger partial charge is 0.314 e. The van der Waals surface area contributed by atoms with E-state index in [2.05, 4.69) is 4.94 Å². The minimum atomic E-state index is -1.88. The summed E-state index contributed by atoms with van der Waals surface area (Å²) in [6.07, 6.45) is -1.88. The third-order valence-electron chi connectivity index (χ3n) is 2.80. The lowest BCUT2D eigenvalue weighted by Crippen LogP contribution is -2.34. The van der Waals surface area contributed by atoms with Crippen LogP contribution in [0.4, 0.5) is 4.53 Å². The van der Waals surface area contributed by atoms with Crippen LogP contribution in [0, 0.1) is 11.3 Å². The molecule has 2 N–H and O–H groups in total. The summed E-state index contributed by atoms with van der Waals surface area (Å²) >= 11 is 0. The van der Waals surface area contributed by atoms with E-state index in [4.69, 9.17) is 20.5 Å². The fraction of sp³-hybridized carbons (Fsp3) is 0.143. The third-order valence-corrected chi connectivity index (χ3v) is 2.80. The van der Waals surface area contributed by atoms with E-state index in [0.29, 0.717) is 22.1 Å². The summed E-state index contributed by atoms with van der Waals surface area (Å²) in [5, 5.41) is 10.1. The first-order valence-corrected chi connectivity index (χ1v) is 5.84. The summed E-state index contributed by atoms with van der Waals surface area (Å²) in [6.45, 7) is 0. The van der Waals surface area contributed by atoms with Gasteiger partial charge in [0.1, 0.15) is 11.5 Å². The maximum atomic E-state index is 12.3. The molecule has 2 aromatic rings. The molecular formula is C14H11FN2O4.